The van der Waals surface area contributed by atoms with E-state index in [9.17, 15) is 9.90 Å². The molecule has 1 amide bonds. The molecule has 0 radical (unpaired) electrons. The molecule has 0 saturated carbocycles. The second-order valence-corrected chi connectivity index (χ2v) is 5.26. The number of hydrogen-bond acceptors (Lipinski definition) is 3. The molecule has 1 unspecified atom stereocenters. The summed E-state index contributed by atoms with van der Waals surface area (Å²) in [5.41, 5.74) is 2.07. The van der Waals surface area contributed by atoms with Gasteiger partial charge in [-0.3, -0.25) is 9.89 Å². The first-order valence-electron chi connectivity index (χ1n) is 6.59. The van der Waals surface area contributed by atoms with Gasteiger partial charge in [-0.05, 0) is 39.0 Å². The van der Waals surface area contributed by atoms with E-state index in [1.165, 1.54) is 0 Å². The Kier molecular flexibility index (Phi) is 3.71. The van der Waals surface area contributed by atoms with Gasteiger partial charge >= 0.3 is 0 Å². The second kappa shape index (κ2) is 5.10. The number of fused-ring (bicyclic) bond motifs is 1. The molecule has 100 valence electrons. The SMILES string of the molecule is CCC(C)(CO)NC(=O)c1n[nH]c2c1CCCC2. The van der Waals surface area contributed by atoms with Gasteiger partial charge in [-0.15, -0.1) is 0 Å². The number of carbonyl (C=O) groups is 1. The minimum atomic E-state index is -0.572. The van der Waals surface area contributed by atoms with Crippen LogP contribution in [-0.2, 0) is 12.8 Å². The number of carbonyl (C=O) groups excluding carboxylic acids is 1. The lowest BCUT2D eigenvalue weighted by atomic mass is 9.95. The second-order valence-electron chi connectivity index (χ2n) is 5.26. The molecular formula is C13H21N3O2. The Morgan fingerprint density at radius 3 is 2.89 bits per heavy atom. The normalized spacial score (nSPS) is 17.9. The summed E-state index contributed by atoms with van der Waals surface area (Å²) < 4.78 is 0. The van der Waals surface area contributed by atoms with E-state index in [0.29, 0.717) is 12.1 Å². The molecule has 5 heteroatoms. The molecule has 2 rings (SSSR count). The molecular weight excluding hydrogens is 230 g/mol. The number of H-pyrrole nitrogens is 1. The third kappa shape index (κ3) is 2.41. The van der Waals surface area contributed by atoms with Gasteiger partial charge in [0, 0.05) is 11.3 Å². The first-order valence-corrected chi connectivity index (χ1v) is 6.59. The number of aryl methyl sites for hydroxylation is 1. The maximum Gasteiger partial charge on any atom is 0.272 e. The zero-order valence-corrected chi connectivity index (χ0v) is 11.0. The molecule has 0 aliphatic heterocycles. The van der Waals surface area contributed by atoms with Gasteiger partial charge in [0.25, 0.3) is 5.91 Å². The molecule has 18 heavy (non-hydrogen) atoms. The summed E-state index contributed by atoms with van der Waals surface area (Å²) in [5, 5.41) is 19.3. The van der Waals surface area contributed by atoms with E-state index in [1.807, 2.05) is 13.8 Å². The lowest BCUT2D eigenvalue weighted by Gasteiger charge is -2.27. The van der Waals surface area contributed by atoms with Gasteiger partial charge in [0.1, 0.15) is 0 Å². The Morgan fingerprint density at radius 1 is 1.50 bits per heavy atom. The highest BCUT2D eigenvalue weighted by atomic mass is 16.3. The average Bonchev–Trinajstić information content (AvgIpc) is 2.82. The molecule has 0 saturated heterocycles. The summed E-state index contributed by atoms with van der Waals surface area (Å²) in [6, 6.07) is 0. The first-order chi connectivity index (χ1) is 8.59. The summed E-state index contributed by atoms with van der Waals surface area (Å²) in [6.45, 7) is 3.71. The minimum absolute atomic E-state index is 0.0676. The van der Waals surface area contributed by atoms with Crippen molar-refractivity contribution in [3.63, 3.8) is 0 Å². The summed E-state index contributed by atoms with van der Waals surface area (Å²) in [7, 11) is 0. The fourth-order valence-electron chi connectivity index (χ4n) is 2.24. The van der Waals surface area contributed by atoms with Crippen molar-refractivity contribution in [2.24, 2.45) is 0 Å². The highest BCUT2D eigenvalue weighted by Gasteiger charge is 2.28. The smallest absolute Gasteiger partial charge is 0.272 e. The van der Waals surface area contributed by atoms with Gasteiger partial charge < -0.3 is 10.4 Å². The zero-order valence-electron chi connectivity index (χ0n) is 11.0. The molecule has 1 aliphatic rings. The first kappa shape index (κ1) is 13.1. The van der Waals surface area contributed by atoms with Crippen LogP contribution in [0.3, 0.4) is 0 Å². The number of nitrogens with one attached hydrogen (secondary N) is 2. The topological polar surface area (TPSA) is 78.0 Å². The minimum Gasteiger partial charge on any atom is -0.394 e. The van der Waals surface area contributed by atoms with E-state index in [4.69, 9.17) is 0 Å². The Balaban J connectivity index is 2.17. The Labute approximate surface area is 107 Å². The van der Waals surface area contributed by atoms with Crippen molar-refractivity contribution in [3.05, 3.63) is 17.0 Å². The summed E-state index contributed by atoms with van der Waals surface area (Å²) >= 11 is 0. The van der Waals surface area contributed by atoms with Crippen molar-refractivity contribution in [1.82, 2.24) is 15.5 Å². The Morgan fingerprint density at radius 2 is 2.22 bits per heavy atom. The number of aliphatic hydroxyl groups excluding tert-OH is 1. The lowest BCUT2D eigenvalue weighted by Crippen LogP contribution is -2.48. The van der Waals surface area contributed by atoms with Gasteiger partial charge in [-0.1, -0.05) is 6.92 Å². The summed E-state index contributed by atoms with van der Waals surface area (Å²) in [5.74, 6) is -0.187. The molecule has 1 aromatic heterocycles. The number of aromatic amines is 1. The number of aliphatic hydroxyl groups is 1. The van der Waals surface area contributed by atoms with E-state index >= 15 is 0 Å². The molecule has 1 heterocycles. The molecule has 1 aromatic rings. The van der Waals surface area contributed by atoms with Crippen LogP contribution in [0.15, 0.2) is 0 Å². The predicted octanol–water partition coefficient (Wildman–Crippen LogP) is 1.18. The standard InChI is InChI=1S/C13H21N3O2/c1-3-13(2,8-17)14-12(18)11-9-6-4-5-7-10(9)15-16-11/h17H,3-8H2,1-2H3,(H,14,18)(H,15,16). The highest BCUT2D eigenvalue weighted by Crippen LogP contribution is 2.22. The van der Waals surface area contributed by atoms with E-state index in [1.54, 1.807) is 0 Å². The zero-order chi connectivity index (χ0) is 13.2. The molecule has 0 aromatic carbocycles. The van der Waals surface area contributed by atoms with Gasteiger partial charge in [0.05, 0.1) is 12.1 Å². The van der Waals surface area contributed by atoms with Gasteiger partial charge in [-0.25, -0.2) is 0 Å². The fourth-order valence-corrected chi connectivity index (χ4v) is 2.24. The van der Waals surface area contributed by atoms with Crippen LogP contribution in [-0.4, -0.2) is 33.4 Å². The van der Waals surface area contributed by atoms with Gasteiger partial charge in [0.15, 0.2) is 5.69 Å². The van der Waals surface area contributed by atoms with E-state index in [-0.39, 0.29) is 12.5 Å². The number of aromatic nitrogens is 2. The molecule has 5 nitrogen and oxygen atoms in total. The average molecular weight is 251 g/mol. The van der Waals surface area contributed by atoms with Crippen molar-refractivity contribution < 1.29 is 9.90 Å². The van der Waals surface area contributed by atoms with Gasteiger partial charge in [-0.2, -0.15) is 5.10 Å². The number of rotatable bonds is 4. The predicted molar refractivity (Wildman–Crippen MR) is 68.5 cm³/mol. The monoisotopic (exact) mass is 251 g/mol. The number of hydrogen-bond donors (Lipinski definition) is 3. The molecule has 0 fully saturated rings. The fraction of sp³-hybridized carbons (Fsp3) is 0.692. The van der Waals surface area contributed by atoms with Crippen LogP contribution >= 0.6 is 0 Å². The van der Waals surface area contributed by atoms with Crippen molar-refractivity contribution in [1.29, 1.82) is 0 Å². The van der Waals surface area contributed by atoms with Crippen LogP contribution in [0, 0.1) is 0 Å². The van der Waals surface area contributed by atoms with Crippen molar-refractivity contribution in [3.8, 4) is 0 Å². The van der Waals surface area contributed by atoms with E-state index in [0.717, 1.165) is 36.9 Å². The maximum absolute atomic E-state index is 12.2. The van der Waals surface area contributed by atoms with Crippen LogP contribution in [0.5, 0.6) is 0 Å². The lowest BCUT2D eigenvalue weighted by molar-refractivity contribution is 0.0841. The molecule has 1 atom stereocenters. The van der Waals surface area contributed by atoms with Crippen LogP contribution in [0.1, 0.15) is 54.9 Å². The van der Waals surface area contributed by atoms with Gasteiger partial charge in [0.2, 0.25) is 0 Å². The number of nitrogens with zero attached hydrogens (tertiary/aromatic N) is 1. The maximum atomic E-state index is 12.2. The van der Waals surface area contributed by atoms with Crippen LogP contribution in [0.25, 0.3) is 0 Å². The molecule has 0 spiro atoms. The van der Waals surface area contributed by atoms with Crippen molar-refractivity contribution in [2.45, 2.75) is 51.5 Å². The van der Waals surface area contributed by atoms with Crippen LogP contribution in [0.4, 0.5) is 0 Å². The van der Waals surface area contributed by atoms with E-state index in [2.05, 4.69) is 15.5 Å². The third-order valence-electron chi connectivity index (χ3n) is 3.82. The van der Waals surface area contributed by atoms with Crippen molar-refractivity contribution >= 4 is 5.91 Å². The van der Waals surface area contributed by atoms with Crippen molar-refractivity contribution in [2.75, 3.05) is 6.61 Å². The van der Waals surface area contributed by atoms with Crippen LogP contribution in [0.2, 0.25) is 0 Å². The summed E-state index contributed by atoms with van der Waals surface area (Å²) in [4.78, 5) is 12.2. The Hall–Kier alpha value is -1.36. The van der Waals surface area contributed by atoms with E-state index < -0.39 is 5.54 Å². The number of amides is 1. The molecule has 0 bridgehead atoms. The molecule has 1 aliphatic carbocycles. The highest BCUT2D eigenvalue weighted by molar-refractivity contribution is 5.94. The van der Waals surface area contributed by atoms with Crippen LogP contribution < -0.4 is 5.32 Å². The quantitative estimate of drug-likeness (QED) is 0.752. The molecule has 3 N–H and O–H groups in total. The summed E-state index contributed by atoms with van der Waals surface area (Å²) in [6.07, 6.45) is 4.83. The Bertz CT molecular complexity index is 435. The third-order valence-corrected chi connectivity index (χ3v) is 3.82. The largest absolute Gasteiger partial charge is 0.394 e.